The molecule has 26 heavy (non-hydrogen) atoms. The number of aryl methyl sites for hydroxylation is 1. The first-order valence-corrected chi connectivity index (χ1v) is 8.67. The van der Waals surface area contributed by atoms with E-state index in [2.05, 4.69) is 10.1 Å². The lowest BCUT2D eigenvalue weighted by Crippen LogP contribution is -1.93. The molecule has 0 aliphatic rings. The Bertz CT molecular complexity index is 967. The molecule has 0 unspecified atom stereocenters. The predicted molar refractivity (Wildman–Crippen MR) is 102 cm³/mol. The van der Waals surface area contributed by atoms with E-state index >= 15 is 0 Å². The minimum atomic E-state index is -0.110. The van der Waals surface area contributed by atoms with E-state index in [0.29, 0.717) is 18.0 Å². The van der Waals surface area contributed by atoms with Crippen molar-refractivity contribution < 1.29 is 14.4 Å². The molecule has 5 nitrogen and oxygen atoms in total. The largest absolute Gasteiger partial charge is 0.503 e. The van der Waals surface area contributed by atoms with Crippen LogP contribution in [0.2, 0.25) is 5.02 Å². The monoisotopic (exact) mass is 390 g/mol. The van der Waals surface area contributed by atoms with E-state index in [1.165, 1.54) is 0 Å². The molecule has 2 aromatic carbocycles. The Hall–Kier alpha value is -2.50. The smallest absolute Gasteiger partial charge is 0.269 e. The maximum atomic E-state index is 9.91. The van der Waals surface area contributed by atoms with Crippen molar-refractivity contribution in [2.24, 2.45) is 0 Å². The van der Waals surface area contributed by atoms with E-state index in [-0.39, 0.29) is 27.4 Å². The highest BCUT2D eigenvalue weighted by Crippen LogP contribution is 2.36. The highest BCUT2D eigenvalue weighted by Gasteiger charge is 2.14. The van der Waals surface area contributed by atoms with E-state index in [1.807, 2.05) is 38.1 Å². The number of ether oxygens (including phenoxy) is 1. The number of rotatable bonds is 5. The molecule has 0 amide bonds. The van der Waals surface area contributed by atoms with Gasteiger partial charge in [-0.15, -0.1) is 0 Å². The lowest BCUT2D eigenvalue weighted by atomic mass is 10.1. The third-order valence-corrected chi connectivity index (χ3v) is 4.22. The Morgan fingerprint density at radius 1 is 1.31 bits per heavy atom. The molecule has 0 saturated heterocycles. The fraction of sp³-hybridized carbons (Fsp3) is 0.158. The van der Waals surface area contributed by atoms with E-state index in [4.69, 9.17) is 32.5 Å². The molecule has 0 saturated carbocycles. The topological polar surface area (TPSA) is 68.4 Å². The Labute approximate surface area is 160 Å². The molecule has 1 aromatic heterocycles. The first-order valence-electron chi connectivity index (χ1n) is 7.92. The lowest BCUT2D eigenvalue weighted by Gasteiger charge is -2.08. The summed E-state index contributed by atoms with van der Waals surface area (Å²) in [5.74, 6) is 0.818. The number of benzene rings is 2. The standard InChI is InChI=1S/C19H16Cl2N2O3/c1-3-25-16-10-12(8-14(20)17(16)24)9-15(21)19-22-18(23-26-19)13-7-5-4-6-11(13)2/h4-10,24H,3H2,1-2H3/b15-9-. The van der Waals surface area contributed by atoms with Crippen LogP contribution >= 0.6 is 23.2 Å². The molecule has 7 heteroatoms. The van der Waals surface area contributed by atoms with Crippen molar-refractivity contribution in [1.29, 1.82) is 0 Å². The van der Waals surface area contributed by atoms with Gasteiger partial charge in [0.1, 0.15) is 5.03 Å². The first kappa shape index (κ1) is 18.3. The summed E-state index contributed by atoms with van der Waals surface area (Å²) < 4.78 is 10.6. The highest BCUT2D eigenvalue weighted by molar-refractivity contribution is 6.50. The van der Waals surface area contributed by atoms with Crippen LogP contribution in [-0.4, -0.2) is 21.9 Å². The van der Waals surface area contributed by atoms with Crippen LogP contribution in [0, 0.1) is 6.92 Å². The molecular formula is C19H16Cl2N2O3. The van der Waals surface area contributed by atoms with Gasteiger partial charge in [-0.05, 0) is 43.2 Å². The van der Waals surface area contributed by atoms with E-state index < -0.39 is 0 Å². The van der Waals surface area contributed by atoms with Crippen molar-refractivity contribution in [3.63, 3.8) is 0 Å². The zero-order chi connectivity index (χ0) is 18.7. The molecule has 0 atom stereocenters. The van der Waals surface area contributed by atoms with Crippen molar-refractivity contribution in [3.8, 4) is 22.9 Å². The summed E-state index contributed by atoms with van der Waals surface area (Å²) in [5, 5.41) is 14.3. The minimum absolute atomic E-state index is 0.110. The number of hydrogen-bond donors (Lipinski definition) is 1. The van der Waals surface area contributed by atoms with Gasteiger partial charge in [0.05, 0.1) is 11.6 Å². The zero-order valence-corrected chi connectivity index (χ0v) is 15.7. The predicted octanol–water partition coefficient (Wildman–Crippen LogP) is 5.54. The number of aromatic nitrogens is 2. The maximum Gasteiger partial charge on any atom is 0.269 e. The summed E-state index contributed by atoms with van der Waals surface area (Å²) >= 11 is 12.4. The van der Waals surface area contributed by atoms with Gasteiger partial charge in [0.2, 0.25) is 5.82 Å². The zero-order valence-electron chi connectivity index (χ0n) is 14.2. The normalized spacial score (nSPS) is 11.6. The Kier molecular flexibility index (Phi) is 5.49. The second-order valence-corrected chi connectivity index (χ2v) is 6.33. The van der Waals surface area contributed by atoms with Gasteiger partial charge in [-0.25, -0.2) is 0 Å². The summed E-state index contributed by atoms with van der Waals surface area (Å²) in [7, 11) is 0. The van der Waals surface area contributed by atoms with Crippen LogP contribution in [0.1, 0.15) is 23.9 Å². The van der Waals surface area contributed by atoms with Gasteiger partial charge in [0.25, 0.3) is 5.89 Å². The van der Waals surface area contributed by atoms with Gasteiger partial charge in [-0.2, -0.15) is 4.98 Å². The molecule has 1 heterocycles. The Balaban J connectivity index is 1.93. The molecule has 3 aromatic rings. The van der Waals surface area contributed by atoms with Crippen molar-refractivity contribution in [2.75, 3.05) is 6.61 Å². The summed E-state index contributed by atoms with van der Waals surface area (Å²) in [6.45, 7) is 4.18. The van der Waals surface area contributed by atoms with Crippen LogP contribution in [0.5, 0.6) is 11.5 Å². The molecule has 1 N–H and O–H groups in total. The maximum absolute atomic E-state index is 9.91. The number of aromatic hydroxyl groups is 1. The van der Waals surface area contributed by atoms with Crippen LogP contribution in [0.25, 0.3) is 22.5 Å². The average Bonchev–Trinajstić information content (AvgIpc) is 3.10. The van der Waals surface area contributed by atoms with E-state index in [1.54, 1.807) is 18.2 Å². The number of nitrogens with zero attached hydrogens (tertiary/aromatic N) is 2. The molecule has 3 rings (SSSR count). The SMILES string of the molecule is CCOc1cc(/C=C(\Cl)c2nc(-c3ccccc3C)no2)cc(Cl)c1O. The molecule has 0 radical (unpaired) electrons. The van der Waals surface area contributed by atoms with Crippen molar-refractivity contribution in [1.82, 2.24) is 10.1 Å². The van der Waals surface area contributed by atoms with E-state index in [0.717, 1.165) is 11.1 Å². The number of phenolic OH excluding ortho intramolecular Hbond substituents is 1. The fourth-order valence-corrected chi connectivity index (χ4v) is 2.83. The van der Waals surface area contributed by atoms with Crippen LogP contribution in [0.15, 0.2) is 40.9 Å². The summed E-state index contributed by atoms with van der Waals surface area (Å²) in [4.78, 5) is 4.34. The fourth-order valence-electron chi connectivity index (χ4n) is 2.40. The average molecular weight is 391 g/mol. The highest BCUT2D eigenvalue weighted by atomic mass is 35.5. The molecule has 0 aliphatic carbocycles. The lowest BCUT2D eigenvalue weighted by molar-refractivity contribution is 0.318. The third-order valence-electron chi connectivity index (χ3n) is 3.66. The van der Waals surface area contributed by atoms with Crippen LogP contribution in [0.4, 0.5) is 0 Å². The number of phenols is 1. The van der Waals surface area contributed by atoms with Crippen LogP contribution < -0.4 is 4.74 Å². The molecule has 0 spiro atoms. The number of halogens is 2. The third kappa shape index (κ3) is 3.84. The quantitative estimate of drug-likeness (QED) is 0.619. The molecular weight excluding hydrogens is 375 g/mol. The van der Waals surface area contributed by atoms with Crippen LogP contribution in [0.3, 0.4) is 0 Å². The molecule has 134 valence electrons. The Morgan fingerprint density at radius 2 is 2.08 bits per heavy atom. The van der Waals surface area contributed by atoms with Gasteiger partial charge < -0.3 is 14.4 Å². The van der Waals surface area contributed by atoms with Crippen LogP contribution in [-0.2, 0) is 0 Å². The Morgan fingerprint density at radius 3 is 2.81 bits per heavy atom. The summed E-state index contributed by atoms with van der Waals surface area (Å²) in [5.41, 5.74) is 2.54. The minimum Gasteiger partial charge on any atom is -0.503 e. The van der Waals surface area contributed by atoms with Gasteiger partial charge in [0, 0.05) is 5.56 Å². The second-order valence-electron chi connectivity index (χ2n) is 5.51. The molecule has 0 bridgehead atoms. The van der Waals surface area contributed by atoms with Crippen molar-refractivity contribution in [3.05, 3.63) is 58.4 Å². The summed E-state index contributed by atoms with van der Waals surface area (Å²) in [6, 6.07) is 10.9. The van der Waals surface area contributed by atoms with E-state index in [9.17, 15) is 5.11 Å². The van der Waals surface area contributed by atoms with Crippen molar-refractivity contribution >= 4 is 34.3 Å². The first-order chi connectivity index (χ1) is 12.5. The van der Waals surface area contributed by atoms with Gasteiger partial charge in [-0.3, -0.25) is 0 Å². The van der Waals surface area contributed by atoms with Crippen molar-refractivity contribution in [2.45, 2.75) is 13.8 Å². The van der Waals surface area contributed by atoms with Gasteiger partial charge >= 0.3 is 0 Å². The second kappa shape index (κ2) is 7.81. The van der Waals surface area contributed by atoms with Gasteiger partial charge in [0.15, 0.2) is 11.5 Å². The molecule has 0 fully saturated rings. The number of hydrogen-bond acceptors (Lipinski definition) is 5. The van der Waals surface area contributed by atoms with Gasteiger partial charge in [-0.1, -0.05) is 52.6 Å². The molecule has 0 aliphatic heterocycles. The summed E-state index contributed by atoms with van der Waals surface area (Å²) in [6.07, 6.45) is 1.62.